The lowest BCUT2D eigenvalue weighted by atomic mass is 10.3. The van der Waals surface area contributed by atoms with E-state index in [1.54, 1.807) is 25.3 Å². The third-order valence-electron chi connectivity index (χ3n) is 4.11. The number of benzene rings is 1. The van der Waals surface area contributed by atoms with Crippen LogP contribution in [0, 0.1) is 12.7 Å². The zero-order chi connectivity index (χ0) is 24.1. The molecule has 0 unspecified atom stereocenters. The minimum absolute atomic E-state index is 0.0497. The van der Waals surface area contributed by atoms with Gasteiger partial charge in [0.2, 0.25) is 11.0 Å². The third-order valence-corrected chi connectivity index (χ3v) is 6.95. The van der Waals surface area contributed by atoms with Crippen molar-refractivity contribution in [1.82, 2.24) is 25.0 Å². The highest BCUT2D eigenvalue weighted by Crippen LogP contribution is 2.27. The molecule has 0 fully saturated rings. The van der Waals surface area contributed by atoms with Crippen LogP contribution >= 0.6 is 34.4 Å². The minimum atomic E-state index is -0.533. The Morgan fingerprint density at radius 2 is 1.97 bits per heavy atom. The van der Waals surface area contributed by atoms with Crippen LogP contribution in [0.5, 0.6) is 5.75 Å². The van der Waals surface area contributed by atoms with Gasteiger partial charge in [-0.2, -0.15) is 5.10 Å². The second-order valence-corrected chi connectivity index (χ2v) is 9.71. The highest BCUT2D eigenvalue weighted by Gasteiger charge is 2.21. The Morgan fingerprint density at radius 3 is 2.68 bits per heavy atom. The van der Waals surface area contributed by atoms with E-state index in [0.717, 1.165) is 17.0 Å². The summed E-state index contributed by atoms with van der Waals surface area (Å²) in [6.45, 7) is 3.97. The minimum Gasteiger partial charge on any atom is -0.490 e. The van der Waals surface area contributed by atoms with E-state index >= 15 is 0 Å². The van der Waals surface area contributed by atoms with E-state index in [4.69, 9.17) is 4.74 Å². The lowest BCUT2D eigenvalue weighted by Gasteiger charge is -2.02. The van der Waals surface area contributed by atoms with Gasteiger partial charge < -0.3 is 10.1 Å². The van der Waals surface area contributed by atoms with Crippen LogP contribution in [0.3, 0.4) is 0 Å². The Hall–Kier alpha value is -3.36. The Morgan fingerprint density at radius 1 is 1.18 bits per heavy atom. The van der Waals surface area contributed by atoms with Crippen LogP contribution in [0.25, 0.3) is 5.69 Å². The van der Waals surface area contributed by atoms with Crippen LogP contribution in [-0.2, 0) is 4.79 Å². The van der Waals surface area contributed by atoms with Crippen LogP contribution in [-0.4, -0.2) is 49.1 Å². The molecule has 34 heavy (non-hydrogen) atoms. The molecule has 0 aliphatic rings. The Labute approximate surface area is 205 Å². The van der Waals surface area contributed by atoms with E-state index in [2.05, 4.69) is 30.9 Å². The van der Waals surface area contributed by atoms with Crippen molar-refractivity contribution in [3.8, 4) is 11.4 Å². The fourth-order valence-corrected chi connectivity index (χ4v) is 4.92. The molecule has 0 saturated heterocycles. The SMILES string of the molecule is CCOc1cn(-c2ccc(F)cc2)nc1C(=O)Nc1nnc(SCC(=O)Nc2nc(C)cs2)s1. The van der Waals surface area contributed by atoms with Crippen molar-refractivity contribution < 1.29 is 18.7 Å². The summed E-state index contributed by atoms with van der Waals surface area (Å²) in [5, 5.41) is 20.2. The number of hydrogen-bond acceptors (Lipinski definition) is 10. The summed E-state index contributed by atoms with van der Waals surface area (Å²) in [6, 6.07) is 5.69. The Balaban J connectivity index is 1.39. The zero-order valence-electron chi connectivity index (χ0n) is 17.9. The van der Waals surface area contributed by atoms with E-state index in [1.165, 1.54) is 39.9 Å². The lowest BCUT2D eigenvalue weighted by molar-refractivity contribution is -0.113. The molecule has 4 aromatic rings. The standard InChI is InChI=1S/C20H18FN7O3S3/c1-3-31-14-8-28(13-6-4-12(21)5-7-13)27-16(14)17(30)24-19-25-26-20(34-19)33-10-15(29)23-18-22-11(2)9-32-18/h4-9H,3,10H2,1-2H3,(H,22,23,29)(H,24,25,30). The number of carbonyl (C=O) groups is 2. The second-order valence-electron chi connectivity index (χ2n) is 6.65. The van der Waals surface area contributed by atoms with Crippen LogP contribution in [0.2, 0.25) is 0 Å². The fourth-order valence-electron chi connectivity index (χ4n) is 2.67. The number of amides is 2. The van der Waals surface area contributed by atoms with Gasteiger partial charge in [-0.15, -0.1) is 21.5 Å². The molecular weight excluding hydrogens is 501 g/mol. The van der Waals surface area contributed by atoms with Crippen LogP contribution in [0.4, 0.5) is 14.7 Å². The van der Waals surface area contributed by atoms with Crippen molar-refractivity contribution in [2.75, 3.05) is 23.0 Å². The predicted molar refractivity (Wildman–Crippen MR) is 129 cm³/mol. The Bertz CT molecular complexity index is 1300. The van der Waals surface area contributed by atoms with E-state index < -0.39 is 5.91 Å². The monoisotopic (exact) mass is 519 g/mol. The van der Waals surface area contributed by atoms with Crippen molar-refractivity contribution in [1.29, 1.82) is 0 Å². The number of aromatic nitrogens is 5. The molecule has 0 spiro atoms. The lowest BCUT2D eigenvalue weighted by Crippen LogP contribution is -2.14. The van der Waals surface area contributed by atoms with Crippen molar-refractivity contribution in [3.63, 3.8) is 0 Å². The highest BCUT2D eigenvalue weighted by atomic mass is 32.2. The number of halogens is 1. The fraction of sp³-hybridized carbons (Fsp3) is 0.200. The normalized spacial score (nSPS) is 10.8. The number of thiazole rings is 1. The maximum Gasteiger partial charge on any atom is 0.281 e. The molecule has 2 amide bonds. The molecule has 0 radical (unpaired) electrons. The summed E-state index contributed by atoms with van der Waals surface area (Å²) >= 11 is 3.68. The molecular formula is C20H18FN7O3S3. The van der Waals surface area contributed by atoms with Gasteiger partial charge in [0, 0.05) is 5.38 Å². The second kappa shape index (κ2) is 10.7. The van der Waals surface area contributed by atoms with Crippen molar-refractivity contribution in [2.45, 2.75) is 18.2 Å². The maximum absolute atomic E-state index is 13.2. The van der Waals surface area contributed by atoms with Crippen LogP contribution in [0.15, 0.2) is 40.2 Å². The van der Waals surface area contributed by atoms with Gasteiger partial charge in [-0.1, -0.05) is 23.1 Å². The number of nitrogens with one attached hydrogen (secondary N) is 2. The van der Waals surface area contributed by atoms with Crippen molar-refractivity contribution in [3.05, 3.63) is 53.0 Å². The summed E-state index contributed by atoms with van der Waals surface area (Å²) in [5.41, 5.74) is 1.46. The molecule has 14 heteroatoms. The van der Waals surface area contributed by atoms with Crippen molar-refractivity contribution in [2.24, 2.45) is 0 Å². The number of rotatable bonds is 9. The maximum atomic E-state index is 13.2. The summed E-state index contributed by atoms with van der Waals surface area (Å²) in [4.78, 5) is 29.1. The molecule has 3 heterocycles. The zero-order valence-corrected chi connectivity index (χ0v) is 20.4. The molecule has 1 aromatic carbocycles. The highest BCUT2D eigenvalue weighted by molar-refractivity contribution is 8.01. The van der Waals surface area contributed by atoms with Crippen LogP contribution < -0.4 is 15.4 Å². The third kappa shape index (κ3) is 5.95. The number of ether oxygens (including phenoxy) is 1. The Kier molecular flexibility index (Phi) is 7.49. The number of hydrogen-bond donors (Lipinski definition) is 2. The average Bonchev–Trinajstić information content (AvgIpc) is 3.54. The largest absolute Gasteiger partial charge is 0.490 e. The quantitative estimate of drug-likeness (QED) is 0.251. The molecule has 4 rings (SSSR count). The van der Waals surface area contributed by atoms with Gasteiger partial charge >= 0.3 is 0 Å². The number of carbonyl (C=O) groups excluding carboxylic acids is 2. The predicted octanol–water partition coefficient (Wildman–Crippen LogP) is 4.01. The van der Waals surface area contributed by atoms with Crippen LogP contribution in [0.1, 0.15) is 23.1 Å². The van der Waals surface area contributed by atoms with Gasteiger partial charge in [-0.3, -0.25) is 14.9 Å². The first kappa shape index (κ1) is 23.8. The molecule has 3 aromatic heterocycles. The number of aryl methyl sites for hydroxylation is 1. The van der Waals surface area contributed by atoms with E-state index in [1.807, 2.05) is 12.3 Å². The van der Waals surface area contributed by atoms with Gasteiger partial charge in [0.1, 0.15) is 5.82 Å². The summed E-state index contributed by atoms with van der Waals surface area (Å²) < 4.78 is 20.7. The van der Waals surface area contributed by atoms with Crippen molar-refractivity contribution >= 4 is 56.5 Å². The number of thioether (sulfide) groups is 1. The first-order valence-electron chi connectivity index (χ1n) is 9.89. The van der Waals surface area contributed by atoms with Gasteiger partial charge in [0.15, 0.2) is 20.9 Å². The molecule has 0 saturated carbocycles. The van der Waals surface area contributed by atoms with Gasteiger partial charge in [0.25, 0.3) is 5.91 Å². The molecule has 10 nitrogen and oxygen atoms in total. The molecule has 0 aliphatic heterocycles. The molecule has 176 valence electrons. The summed E-state index contributed by atoms with van der Waals surface area (Å²) in [5.74, 6) is -0.725. The molecule has 0 aliphatic carbocycles. The van der Waals surface area contributed by atoms with Gasteiger partial charge in [0.05, 0.1) is 29.9 Å². The first-order chi connectivity index (χ1) is 16.4. The van der Waals surface area contributed by atoms with E-state index in [0.29, 0.717) is 21.8 Å². The number of anilines is 2. The number of nitrogens with zero attached hydrogens (tertiary/aromatic N) is 5. The molecule has 0 atom stereocenters. The smallest absolute Gasteiger partial charge is 0.281 e. The summed E-state index contributed by atoms with van der Waals surface area (Å²) in [7, 11) is 0. The van der Waals surface area contributed by atoms with E-state index in [-0.39, 0.29) is 34.1 Å². The first-order valence-corrected chi connectivity index (χ1v) is 12.6. The summed E-state index contributed by atoms with van der Waals surface area (Å²) in [6.07, 6.45) is 1.55. The van der Waals surface area contributed by atoms with Gasteiger partial charge in [-0.05, 0) is 38.1 Å². The average molecular weight is 520 g/mol. The topological polar surface area (TPSA) is 124 Å². The molecule has 2 N–H and O–H groups in total. The van der Waals surface area contributed by atoms with E-state index in [9.17, 15) is 14.0 Å². The molecule has 0 bridgehead atoms. The van der Waals surface area contributed by atoms with Gasteiger partial charge in [-0.25, -0.2) is 14.1 Å².